The van der Waals surface area contributed by atoms with Crippen molar-refractivity contribution in [3.8, 4) is 0 Å². The highest BCUT2D eigenvalue weighted by atomic mass is 16.2. The maximum Gasteiger partial charge on any atom is 0.227 e. The van der Waals surface area contributed by atoms with Crippen molar-refractivity contribution < 1.29 is 4.79 Å². The molecule has 1 aliphatic rings. The van der Waals surface area contributed by atoms with E-state index in [4.69, 9.17) is 0 Å². The number of carbonyl (C=O) groups is 1. The lowest BCUT2D eigenvalue weighted by atomic mass is 9.90. The lowest BCUT2D eigenvalue weighted by Crippen LogP contribution is -2.44. The van der Waals surface area contributed by atoms with Crippen molar-refractivity contribution in [1.82, 2.24) is 14.8 Å². The molecule has 2 heterocycles. The summed E-state index contributed by atoms with van der Waals surface area (Å²) < 4.78 is 1.88. The Balaban J connectivity index is 1.56. The molecule has 3 aromatic rings. The fraction of sp³-hybridized carbons (Fsp3) is 0.350. The predicted molar refractivity (Wildman–Crippen MR) is 98.3 cm³/mol. The Labute approximate surface area is 147 Å². The van der Waals surface area contributed by atoms with Crippen molar-refractivity contribution >= 4 is 22.5 Å². The SMILES string of the molecule is O=C(CCCn1cccn1)N(c1cccc2cccnc12)C1CCC1. The molecule has 1 saturated carbocycles. The molecule has 25 heavy (non-hydrogen) atoms. The average Bonchev–Trinajstić information content (AvgIpc) is 3.11. The predicted octanol–water partition coefficient (Wildman–Crippen LogP) is 3.80. The van der Waals surface area contributed by atoms with Crippen molar-refractivity contribution in [3.63, 3.8) is 0 Å². The van der Waals surface area contributed by atoms with Gasteiger partial charge in [-0.25, -0.2) is 0 Å². The Morgan fingerprint density at radius 3 is 2.80 bits per heavy atom. The van der Waals surface area contributed by atoms with Crippen LogP contribution in [0.3, 0.4) is 0 Å². The summed E-state index contributed by atoms with van der Waals surface area (Å²) in [7, 11) is 0. The van der Waals surface area contributed by atoms with Gasteiger partial charge >= 0.3 is 0 Å². The van der Waals surface area contributed by atoms with Gasteiger partial charge in [0.2, 0.25) is 5.91 Å². The highest BCUT2D eigenvalue weighted by Crippen LogP contribution is 2.34. The molecule has 4 rings (SSSR count). The molecule has 0 unspecified atom stereocenters. The number of amides is 1. The minimum atomic E-state index is 0.190. The molecule has 5 nitrogen and oxygen atoms in total. The van der Waals surface area contributed by atoms with Crippen LogP contribution in [0.15, 0.2) is 55.0 Å². The molecule has 1 fully saturated rings. The summed E-state index contributed by atoms with van der Waals surface area (Å²) in [6.45, 7) is 0.769. The fourth-order valence-electron chi connectivity index (χ4n) is 3.41. The van der Waals surface area contributed by atoms with Gasteiger partial charge in [-0.1, -0.05) is 18.2 Å². The smallest absolute Gasteiger partial charge is 0.227 e. The zero-order chi connectivity index (χ0) is 17.1. The van der Waals surface area contributed by atoms with Crippen LogP contribution in [0, 0.1) is 0 Å². The number of benzene rings is 1. The number of nitrogens with zero attached hydrogens (tertiary/aromatic N) is 4. The number of para-hydroxylation sites is 1. The number of carbonyl (C=O) groups excluding carboxylic acids is 1. The molecule has 0 aliphatic heterocycles. The standard InChI is InChI=1S/C20H22N4O/c25-19(11-4-14-23-15-5-13-22-23)24(17-8-2-9-17)18-10-1-6-16-7-3-12-21-20(16)18/h1,3,5-7,10,12-13,15,17H,2,4,8-9,11,14H2. The van der Waals surface area contributed by atoms with E-state index in [1.165, 1.54) is 6.42 Å². The number of pyridine rings is 1. The third-order valence-corrected chi connectivity index (χ3v) is 4.92. The molecular weight excluding hydrogens is 312 g/mol. The van der Waals surface area contributed by atoms with Crippen LogP contribution in [-0.4, -0.2) is 26.7 Å². The molecule has 0 bridgehead atoms. The summed E-state index contributed by atoms with van der Waals surface area (Å²) in [4.78, 5) is 19.6. The maximum absolute atomic E-state index is 13.0. The number of fused-ring (bicyclic) bond motifs is 1. The zero-order valence-corrected chi connectivity index (χ0v) is 14.2. The Bertz CT molecular complexity index is 850. The van der Waals surface area contributed by atoms with Crippen LogP contribution in [-0.2, 0) is 11.3 Å². The molecule has 0 radical (unpaired) electrons. The van der Waals surface area contributed by atoms with Crippen LogP contribution in [0.1, 0.15) is 32.1 Å². The molecule has 0 saturated heterocycles. The summed E-state index contributed by atoms with van der Waals surface area (Å²) in [6.07, 6.45) is 10.2. The lowest BCUT2D eigenvalue weighted by molar-refractivity contribution is -0.119. The topological polar surface area (TPSA) is 51.0 Å². The van der Waals surface area contributed by atoms with Crippen molar-refractivity contribution in [3.05, 3.63) is 55.0 Å². The molecule has 0 atom stereocenters. The van der Waals surface area contributed by atoms with E-state index in [9.17, 15) is 4.79 Å². The zero-order valence-electron chi connectivity index (χ0n) is 14.2. The van der Waals surface area contributed by atoms with Gasteiger partial charge in [-0.3, -0.25) is 14.5 Å². The molecule has 2 aromatic heterocycles. The summed E-state index contributed by atoms with van der Waals surface area (Å²) in [5.41, 5.74) is 1.87. The largest absolute Gasteiger partial charge is 0.307 e. The van der Waals surface area contributed by atoms with Gasteiger partial charge in [-0.2, -0.15) is 5.10 Å². The van der Waals surface area contributed by atoms with E-state index in [0.717, 1.165) is 42.4 Å². The Morgan fingerprint density at radius 2 is 2.04 bits per heavy atom. The summed E-state index contributed by atoms with van der Waals surface area (Å²) in [6, 6.07) is 12.3. The number of aryl methyl sites for hydroxylation is 1. The van der Waals surface area contributed by atoms with Gasteiger partial charge in [-0.05, 0) is 43.9 Å². The Morgan fingerprint density at radius 1 is 1.16 bits per heavy atom. The second-order valence-electron chi connectivity index (χ2n) is 6.57. The van der Waals surface area contributed by atoms with Crippen molar-refractivity contribution in [2.24, 2.45) is 0 Å². The normalized spacial score (nSPS) is 14.4. The summed E-state index contributed by atoms with van der Waals surface area (Å²) in [5.74, 6) is 0.190. The summed E-state index contributed by atoms with van der Waals surface area (Å²) in [5, 5.41) is 5.28. The Kier molecular flexibility index (Phi) is 4.46. The first kappa shape index (κ1) is 15.8. The quantitative estimate of drug-likeness (QED) is 0.689. The molecule has 1 amide bonds. The molecule has 1 aliphatic carbocycles. The van der Waals surface area contributed by atoms with Crippen molar-refractivity contribution in [1.29, 1.82) is 0 Å². The highest BCUT2D eigenvalue weighted by molar-refractivity contribution is 6.02. The van der Waals surface area contributed by atoms with Crippen molar-refractivity contribution in [2.75, 3.05) is 4.90 Å². The third kappa shape index (κ3) is 3.27. The number of aromatic nitrogens is 3. The van der Waals surface area contributed by atoms with Gasteiger partial charge in [0.25, 0.3) is 0 Å². The Hall–Kier alpha value is -2.69. The second kappa shape index (κ2) is 7.05. The second-order valence-corrected chi connectivity index (χ2v) is 6.57. The lowest BCUT2D eigenvalue weighted by Gasteiger charge is -2.38. The molecular formula is C20H22N4O. The number of hydrogen-bond donors (Lipinski definition) is 0. The minimum Gasteiger partial charge on any atom is -0.307 e. The molecule has 0 N–H and O–H groups in total. The fourth-order valence-corrected chi connectivity index (χ4v) is 3.41. The maximum atomic E-state index is 13.0. The van der Waals surface area contributed by atoms with Gasteiger partial charge in [0.05, 0.1) is 11.2 Å². The van der Waals surface area contributed by atoms with E-state index in [0.29, 0.717) is 12.5 Å². The van der Waals surface area contributed by atoms with Crippen LogP contribution in [0.5, 0.6) is 0 Å². The van der Waals surface area contributed by atoms with Crippen LogP contribution in [0.4, 0.5) is 5.69 Å². The van der Waals surface area contributed by atoms with E-state index in [1.807, 2.05) is 52.2 Å². The molecule has 1 aromatic carbocycles. The monoisotopic (exact) mass is 334 g/mol. The van der Waals surface area contributed by atoms with Gasteiger partial charge in [0, 0.05) is 43.0 Å². The summed E-state index contributed by atoms with van der Waals surface area (Å²) >= 11 is 0. The first-order valence-corrected chi connectivity index (χ1v) is 8.96. The number of anilines is 1. The number of rotatable bonds is 6. The third-order valence-electron chi connectivity index (χ3n) is 4.92. The average molecular weight is 334 g/mol. The number of hydrogen-bond acceptors (Lipinski definition) is 3. The van der Waals surface area contributed by atoms with Gasteiger partial charge in [0.15, 0.2) is 0 Å². The highest BCUT2D eigenvalue weighted by Gasteiger charge is 2.30. The van der Waals surface area contributed by atoms with Gasteiger partial charge in [-0.15, -0.1) is 0 Å². The first-order valence-electron chi connectivity index (χ1n) is 8.96. The van der Waals surface area contributed by atoms with Crippen LogP contribution >= 0.6 is 0 Å². The molecule has 128 valence electrons. The van der Waals surface area contributed by atoms with E-state index >= 15 is 0 Å². The van der Waals surface area contributed by atoms with E-state index in [2.05, 4.69) is 10.1 Å². The molecule has 0 spiro atoms. The minimum absolute atomic E-state index is 0.190. The first-order chi connectivity index (χ1) is 12.3. The molecule has 5 heteroatoms. The van der Waals surface area contributed by atoms with E-state index < -0.39 is 0 Å². The van der Waals surface area contributed by atoms with Gasteiger partial charge in [0.1, 0.15) is 0 Å². The van der Waals surface area contributed by atoms with Crippen LogP contribution in [0.25, 0.3) is 10.9 Å². The van der Waals surface area contributed by atoms with Gasteiger partial charge < -0.3 is 4.90 Å². The van der Waals surface area contributed by atoms with Crippen molar-refractivity contribution in [2.45, 2.75) is 44.7 Å². The van der Waals surface area contributed by atoms with E-state index in [1.54, 1.807) is 12.4 Å². The van der Waals surface area contributed by atoms with Crippen LogP contribution in [0.2, 0.25) is 0 Å². The van der Waals surface area contributed by atoms with Crippen LogP contribution < -0.4 is 4.90 Å². The van der Waals surface area contributed by atoms with E-state index in [-0.39, 0.29) is 5.91 Å².